The highest BCUT2D eigenvalue weighted by Crippen LogP contribution is 2.31. The summed E-state index contributed by atoms with van der Waals surface area (Å²) in [5, 5.41) is 5.07. The number of nitrogens with two attached hydrogens (primary N) is 1. The lowest BCUT2D eigenvalue weighted by molar-refractivity contribution is 0.529. The molecule has 0 radical (unpaired) electrons. The maximum atomic E-state index is 12.5. The predicted molar refractivity (Wildman–Crippen MR) is 95.1 cm³/mol. The van der Waals surface area contributed by atoms with Gasteiger partial charge in [0.1, 0.15) is 0 Å². The topological polar surface area (TPSA) is 106 Å². The average Bonchev–Trinajstić information content (AvgIpc) is 2.59. The van der Waals surface area contributed by atoms with Gasteiger partial charge in [-0.05, 0) is 54.5 Å². The first kappa shape index (κ1) is 18.1. The number of hydrogen-bond donors (Lipinski definition) is 2. The second-order valence-electron chi connectivity index (χ2n) is 6.16. The fourth-order valence-electron chi connectivity index (χ4n) is 3.18. The van der Waals surface area contributed by atoms with Crippen molar-refractivity contribution < 1.29 is 16.8 Å². The van der Waals surface area contributed by atoms with Crippen molar-refractivity contribution in [2.75, 3.05) is 6.54 Å². The lowest BCUT2D eigenvalue weighted by atomic mass is 9.83. The summed E-state index contributed by atoms with van der Waals surface area (Å²) in [6.07, 6.45) is 2.94. The molecule has 134 valence electrons. The number of hydrogen-bond acceptors (Lipinski definition) is 4. The molecule has 1 aliphatic rings. The fraction of sp³-hybridized carbons (Fsp3) is 0.294. The second-order valence-corrected chi connectivity index (χ2v) is 9.49. The molecular weight excluding hydrogens is 360 g/mol. The Morgan fingerprint density at radius 1 is 1.00 bits per heavy atom. The van der Waals surface area contributed by atoms with Crippen LogP contribution in [0.2, 0.25) is 0 Å². The number of sulfonamides is 2. The Morgan fingerprint density at radius 3 is 2.48 bits per heavy atom. The van der Waals surface area contributed by atoms with E-state index in [2.05, 4.69) is 10.8 Å². The van der Waals surface area contributed by atoms with Crippen LogP contribution in [-0.2, 0) is 26.5 Å². The van der Waals surface area contributed by atoms with Crippen molar-refractivity contribution in [1.82, 2.24) is 4.72 Å². The van der Waals surface area contributed by atoms with Crippen LogP contribution in [0, 0.1) is 0 Å². The summed E-state index contributed by atoms with van der Waals surface area (Å²) < 4.78 is 50.5. The third-order valence-corrected chi connectivity index (χ3v) is 6.79. The molecule has 0 saturated carbocycles. The smallest absolute Gasteiger partial charge is 0.225 e. The molecule has 0 heterocycles. The summed E-state index contributed by atoms with van der Waals surface area (Å²) in [6, 6.07) is 13.1. The molecule has 1 aliphatic carbocycles. The van der Waals surface area contributed by atoms with E-state index in [0.29, 0.717) is 0 Å². The van der Waals surface area contributed by atoms with Gasteiger partial charge >= 0.3 is 0 Å². The molecule has 0 spiro atoms. The van der Waals surface area contributed by atoms with E-state index in [1.165, 1.54) is 29.3 Å². The van der Waals surface area contributed by atoms with Crippen LogP contribution in [0.3, 0.4) is 0 Å². The first-order valence-corrected chi connectivity index (χ1v) is 11.0. The van der Waals surface area contributed by atoms with E-state index in [1.807, 2.05) is 18.2 Å². The van der Waals surface area contributed by atoms with Crippen molar-refractivity contribution in [2.45, 2.75) is 35.0 Å². The fourth-order valence-corrected chi connectivity index (χ4v) is 4.94. The molecule has 25 heavy (non-hydrogen) atoms. The minimum absolute atomic E-state index is 0.108. The zero-order chi connectivity index (χ0) is 18.1. The number of primary sulfonamides is 1. The molecule has 2 aromatic carbocycles. The Kier molecular flexibility index (Phi) is 4.97. The zero-order valence-electron chi connectivity index (χ0n) is 13.6. The Morgan fingerprint density at radius 2 is 1.72 bits per heavy atom. The van der Waals surface area contributed by atoms with Gasteiger partial charge in [0.25, 0.3) is 0 Å². The third-order valence-electron chi connectivity index (χ3n) is 4.46. The van der Waals surface area contributed by atoms with E-state index in [1.54, 1.807) is 0 Å². The lowest BCUT2D eigenvalue weighted by Gasteiger charge is -2.25. The van der Waals surface area contributed by atoms with Crippen LogP contribution in [0.25, 0.3) is 0 Å². The zero-order valence-corrected chi connectivity index (χ0v) is 15.2. The van der Waals surface area contributed by atoms with E-state index < -0.39 is 20.0 Å². The van der Waals surface area contributed by atoms with Gasteiger partial charge in [0.2, 0.25) is 20.0 Å². The molecule has 1 atom stereocenters. The van der Waals surface area contributed by atoms with Gasteiger partial charge in [0.15, 0.2) is 0 Å². The summed E-state index contributed by atoms with van der Waals surface area (Å²) in [5.74, 6) is 0.112. The van der Waals surface area contributed by atoms with E-state index in [0.717, 1.165) is 25.3 Å². The second kappa shape index (κ2) is 6.87. The van der Waals surface area contributed by atoms with Crippen LogP contribution in [0.4, 0.5) is 0 Å². The first-order chi connectivity index (χ1) is 11.8. The predicted octanol–water partition coefficient (Wildman–Crippen LogP) is 1.73. The number of nitrogens with one attached hydrogen (secondary N) is 1. The minimum Gasteiger partial charge on any atom is -0.225 e. The van der Waals surface area contributed by atoms with Gasteiger partial charge in [-0.3, -0.25) is 0 Å². The molecule has 6 nitrogen and oxygen atoms in total. The summed E-state index contributed by atoms with van der Waals surface area (Å²) >= 11 is 0. The molecule has 0 bridgehead atoms. The first-order valence-electron chi connectivity index (χ1n) is 7.98. The van der Waals surface area contributed by atoms with Gasteiger partial charge in [-0.15, -0.1) is 0 Å². The molecule has 2 aromatic rings. The van der Waals surface area contributed by atoms with Crippen LogP contribution >= 0.6 is 0 Å². The SMILES string of the molecule is NS(=O)(=O)c1cccc(S(=O)(=O)NC[C@@H]2CCCc3ccccc32)c1. The summed E-state index contributed by atoms with van der Waals surface area (Å²) in [7, 11) is -7.77. The Hall–Kier alpha value is -1.74. The summed E-state index contributed by atoms with van der Waals surface area (Å²) in [4.78, 5) is -0.332. The van der Waals surface area contributed by atoms with Crippen LogP contribution < -0.4 is 9.86 Å². The van der Waals surface area contributed by atoms with Gasteiger partial charge < -0.3 is 0 Å². The lowest BCUT2D eigenvalue weighted by Crippen LogP contribution is -2.30. The van der Waals surface area contributed by atoms with Crippen molar-refractivity contribution in [3.8, 4) is 0 Å². The highest BCUT2D eigenvalue weighted by molar-refractivity contribution is 7.90. The van der Waals surface area contributed by atoms with Gasteiger partial charge in [0, 0.05) is 6.54 Å². The van der Waals surface area contributed by atoms with E-state index in [-0.39, 0.29) is 22.3 Å². The van der Waals surface area contributed by atoms with E-state index in [4.69, 9.17) is 5.14 Å². The number of fused-ring (bicyclic) bond motifs is 1. The maximum Gasteiger partial charge on any atom is 0.240 e. The van der Waals surface area contributed by atoms with Gasteiger partial charge in [-0.25, -0.2) is 26.7 Å². The molecule has 3 N–H and O–H groups in total. The minimum atomic E-state index is -3.95. The van der Waals surface area contributed by atoms with Gasteiger partial charge in [-0.1, -0.05) is 30.3 Å². The molecule has 0 aromatic heterocycles. The van der Waals surface area contributed by atoms with Crippen molar-refractivity contribution in [3.63, 3.8) is 0 Å². The number of benzene rings is 2. The number of aryl methyl sites for hydroxylation is 1. The Balaban J connectivity index is 1.80. The quantitative estimate of drug-likeness (QED) is 0.824. The number of rotatable bonds is 5. The monoisotopic (exact) mass is 380 g/mol. The van der Waals surface area contributed by atoms with E-state index >= 15 is 0 Å². The van der Waals surface area contributed by atoms with Crippen LogP contribution in [0.5, 0.6) is 0 Å². The molecule has 0 amide bonds. The third kappa shape index (κ3) is 4.09. The molecule has 0 saturated heterocycles. The van der Waals surface area contributed by atoms with Crippen LogP contribution in [0.15, 0.2) is 58.3 Å². The molecule has 3 rings (SSSR count). The van der Waals surface area contributed by atoms with Crippen LogP contribution in [-0.4, -0.2) is 23.4 Å². The molecule has 0 aliphatic heterocycles. The molecule has 0 fully saturated rings. The highest BCUT2D eigenvalue weighted by Gasteiger charge is 2.23. The van der Waals surface area contributed by atoms with Gasteiger partial charge in [-0.2, -0.15) is 0 Å². The van der Waals surface area contributed by atoms with Crippen molar-refractivity contribution >= 4 is 20.0 Å². The molecule has 0 unspecified atom stereocenters. The summed E-state index contributed by atoms with van der Waals surface area (Å²) in [6.45, 7) is 0.277. The maximum absolute atomic E-state index is 12.5. The normalized spacial score (nSPS) is 17.9. The molecular formula is C17H20N2O4S2. The molecule has 8 heteroatoms. The average molecular weight is 380 g/mol. The van der Waals surface area contributed by atoms with Gasteiger partial charge in [0.05, 0.1) is 9.79 Å². The Bertz CT molecular complexity index is 985. The highest BCUT2D eigenvalue weighted by atomic mass is 32.2. The largest absolute Gasteiger partial charge is 0.240 e. The standard InChI is InChI=1S/C17H20N2O4S2/c18-24(20,21)15-8-4-9-16(11-15)25(22,23)19-12-14-7-3-6-13-5-1-2-10-17(13)14/h1-2,4-5,8-11,14,19H,3,6-7,12H2,(H2,18,20,21)/t14-/m0/s1. The van der Waals surface area contributed by atoms with Crippen molar-refractivity contribution in [1.29, 1.82) is 0 Å². The van der Waals surface area contributed by atoms with Crippen LogP contribution in [0.1, 0.15) is 29.9 Å². The van der Waals surface area contributed by atoms with Crippen molar-refractivity contribution in [3.05, 3.63) is 59.7 Å². The Labute approximate surface area is 148 Å². The van der Waals surface area contributed by atoms with E-state index in [9.17, 15) is 16.8 Å². The van der Waals surface area contributed by atoms with Crippen molar-refractivity contribution in [2.24, 2.45) is 5.14 Å². The summed E-state index contributed by atoms with van der Waals surface area (Å²) in [5.41, 5.74) is 2.43.